The van der Waals surface area contributed by atoms with Crippen LogP contribution in [0.5, 0.6) is 0 Å². The van der Waals surface area contributed by atoms with Gasteiger partial charge in [0.05, 0.1) is 11.3 Å². The molecular formula is C23H28FN3O2. The maximum Gasteiger partial charge on any atom is 0.253 e. The molecule has 2 atom stereocenters. The second-order valence-electron chi connectivity index (χ2n) is 7.52. The summed E-state index contributed by atoms with van der Waals surface area (Å²) < 4.78 is 13.7. The topological polar surface area (TPSA) is 61.4 Å². The van der Waals surface area contributed by atoms with Crippen molar-refractivity contribution in [3.8, 4) is 0 Å². The van der Waals surface area contributed by atoms with E-state index in [-0.39, 0.29) is 23.3 Å². The van der Waals surface area contributed by atoms with Gasteiger partial charge in [-0.2, -0.15) is 0 Å². The smallest absolute Gasteiger partial charge is 0.253 e. The minimum atomic E-state index is -0.505. The van der Waals surface area contributed by atoms with E-state index >= 15 is 0 Å². The molecule has 0 bridgehead atoms. The fourth-order valence-corrected chi connectivity index (χ4v) is 3.40. The fourth-order valence-electron chi connectivity index (χ4n) is 3.40. The van der Waals surface area contributed by atoms with Crippen molar-refractivity contribution in [3.05, 3.63) is 59.9 Å². The average molecular weight is 397 g/mol. The van der Waals surface area contributed by atoms with E-state index in [2.05, 4.69) is 34.6 Å². The second kappa shape index (κ2) is 9.54. The summed E-state index contributed by atoms with van der Waals surface area (Å²) in [7, 11) is 0. The van der Waals surface area contributed by atoms with Crippen LogP contribution in [0.2, 0.25) is 0 Å². The van der Waals surface area contributed by atoms with Crippen molar-refractivity contribution >= 4 is 23.2 Å². The predicted molar refractivity (Wildman–Crippen MR) is 114 cm³/mol. The highest BCUT2D eigenvalue weighted by molar-refractivity contribution is 6.04. The van der Waals surface area contributed by atoms with Gasteiger partial charge < -0.3 is 15.5 Å². The summed E-state index contributed by atoms with van der Waals surface area (Å²) in [6.45, 7) is 6.24. The number of rotatable bonds is 9. The molecule has 6 heteroatoms. The Morgan fingerprint density at radius 3 is 2.55 bits per heavy atom. The highest BCUT2D eigenvalue weighted by Crippen LogP contribution is 2.38. The molecule has 1 fully saturated rings. The van der Waals surface area contributed by atoms with E-state index in [1.165, 1.54) is 18.2 Å². The molecule has 29 heavy (non-hydrogen) atoms. The third-order valence-corrected chi connectivity index (χ3v) is 5.32. The lowest BCUT2D eigenvalue weighted by Gasteiger charge is -2.23. The van der Waals surface area contributed by atoms with Crippen LogP contribution in [0, 0.1) is 17.7 Å². The summed E-state index contributed by atoms with van der Waals surface area (Å²) in [5.74, 6) is -0.659. The minimum Gasteiger partial charge on any atom is -0.372 e. The normalized spacial score (nSPS) is 17.5. The molecule has 1 saturated carbocycles. The van der Waals surface area contributed by atoms with Gasteiger partial charge in [0.25, 0.3) is 5.91 Å². The van der Waals surface area contributed by atoms with E-state index in [4.69, 9.17) is 0 Å². The first-order chi connectivity index (χ1) is 14.0. The van der Waals surface area contributed by atoms with Crippen LogP contribution in [-0.4, -0.2) is 31.4 Å². The van der Waals surface area contributed by atoms with Gasteiger partial charge in [0, 0.05) is 31.2 Å². The van der Waals surface area contributed by atoms with E-state index in [1.54, 1.807) is 0 Å². The molecule has 2 N–H and O–H groups in total. The number of amides is 2. The van der Waals surface area contributed by atoms with Crippen LogP contribution in [-0.2, 0) is 4.79 Å². The van der Waals surface area contributed by atoms with Gasteiger partial charge in [-0.1, -0.05) is 25.1 Å². The van der Waals surface area contributed by atoms with Crippen LogP contribution in [0.4, 0.5) is 15.8 Å². The highest BCUT2D eigenvalue weighted by atomic mass is 19.1. The van der Waals surface area contributed by atoms with Gasteiger partial charge in [0.1, 0.15) is 5.82 Å². The first-order valence-electron chi connectivity index (χ1n) is 10.2. The Bertz CT molecular complexity index is 856. The van der Waals surface area contributed by atoms with E-state index in [9.17, 15) is 14.0 Å². The zero-order chi connectivity index (χ0) is 20.8. The van der Waals surface area contributed by atoms with Crippen LogP contribution in [0.15, 0.2) is 48.5 Å². The Kier molecular flexibility index (Phi) is 6.86. The van der Waals surface area contributed by atoms with E-state index in [1.807, 2.05) is 25.1 Å². The number of benzene rings is 2. The van der Waals surface area contributed by atoms with Crippen molar-refractivity contribution in [2.75, 3.05) is 29.9 Å². The van der Waals surface area contributed by atoms with Crippen LogP contribution >= 0.6 is 0 Å². The highest BCUT2D eigenvalue weighted by Gasteiger charge is 2.39. The Balaban J connectivity index is 1.54. The zero-order valence-electron chi connectivity index (χ0n) is 17.0. The molecule has 0 spiro atoms. The SMILES string of the molecule is CCN(CCCNC(=O)c1cc(F)ccc1NC(=O)[C@H]1C[C@H]1C)c1ccccc1. The molecule has 3 rings (SSSR count). The molecule has 1 aliphatic rings. The van der Waals surface area contributed by atoms with Crippen molar-refractivity contribution in [1.29, 1.82) is 0 Å². The third kappa shape index (κ3) is 5.56. The number of carbonyl (C=O) groups is 2. The van der Waals surface area contributed by atoms with Crippen molar-refractivity contribution in [2.45, 2.75) is 26.7 Å². The standard InChI is InChI=1S/C23H28FN3O2/c1-3-27(18-8-5-4-6-9-18)13-7-12-25-22(28)20-15-17(24)10-11-21(20)26-23(29)19-14-16(19)2/h4-6,8-11,15-16,19H,3,7,12-14H2,1-2H3,(H,25,28)(H,26,29)/t16-,19+/m1/s1. The molecule has 0 aromatic heterocycles. The van der Waals surface area contributed by atoms with Crippen LogP contribution in [0.1, 0.15) is 37.0 Å². The van der Waals surface area contributed by atoms with Crippen molar-refractivity contribution < 1.29 is 14.0 Å². The summed E-state index contributed by atoms with van der Waals surface area (Å²) in [5, 5.41) is 5.62. The Morgan fingerprint density at radius 1 is 1.17 bits per heavy atom. The second-order valence-corrected chi connectivity index (χ2v) is 7.52. The molecule has 1 aliphatic carbocycles. The van der Waals surface area contributed by atoms with Gasteiger partial charge in [-0.15, -0.1) is 0 Å². The largest absolute Gasteiger partial charge is 0.372 e. The molecule has 2 amide bonds. The molecule has 0 heterocycles. The summed E-state index contributed by atoms with van der Waals surface area (Å²) in [4.78, 5) is 27.0. The van der Waals surface area contributed by atoms with E-state index in [0.717, 1.165) is 31.6 Å². The van der Waals surface area contributed by atoms with Gasteiger partial charge in [-0.25, -0.2) is 4.39 Å². The lowest BCUT2D eigenvalue weighted by atomic mass is 10.1. The number of hydrogen-bond donors (Lipinski definition) is 2. The fraction of sp³-hybridized carbons (Fsp3) is 0.391. The van der Waals surface area contributed by atoms with Crippen molar-refractivity contribution in [1.82, 2.24) is 5.32 Å². The number of nitrogens with zero attached hydrogens (tertiary/aromatic N) is 1. The zero-order valence-corrected chi connectivity index (χ0v) is 17.0. The Labute approximate surface area is 171 Å². The molecule has 0 aliphatic heterocycles. The van der Waals surface area contributed by atoms with Gasteiger partial charge >= 0.3 is 0 Å². The molecular weight excluding hydrogens is 369 g/mol. The quantitative estimate of drug-likeness (QED) is 0.627. The number of hydrogen-bond acceptors (Lipinski definition) is 3. The maximum atomic E-state index is 13.7. The number of anilines is 2. The van der Waals surface area contributed by atoms with Gasteiger partial charge in [-0.05, 0) is 56.0 Å². The first-order valence-corrected chi connectivity index (χ1v) is 10.2. The number of nitrogens with one attached hydrogen (secondary N) is 2. The number of para-hydroxylation sites is 1. The number of carbonyl (C=O) groups excluding carboxylic acids is 2. The number of halogens is 1. The van der Waals surface area contributed by atoms with Crippen LogP contribution in [0.3, 0.4) is 0 Å². The summed E-state index contributed by atoms with van der Waals surface area (Å²) >= 11 is 0. The van der Waals surface area contributed by atoms with Gasteiger partial charge in [-0.3, -0.25) is 9.59 Å². The Hall–Kier alpha value is -2.89. The lowest BCUT2D eigenvalue weighted by Crippen LogP contribution is -2.30. The average Bonchev–Trinajstić information content (AvgIpc) is 3.46. The lowest BCUT2D eigenvalue weighted by molar-refractivity contribution is -0.117. The van der Waals surface area contributed by atoms with E-state index < -0.39 is 5.82 Å². The summed E-state index contributed by atoms with van der Waals surface area (Å²) in [6, 6.07) is 14.0. The predicted octanol–water partition coefficient (Wildman–Crippen LogP) is 4.07. The van der Waals surface area contributed by atoms with Crippen molar-refractivity contribution in [2.24, 2.45) is 11.8 Å². The maximum absolute atomic E-state index is 13.7. The first kappa shape index (κ1) is 20.8. The molecule has 5 nitrogen and oxygen atoms in total. The monoisotopic (exact) mass is 397 g/mol. The van der Waals surface area contributed by atoms with Crippen molar-refractivity contribution in [3.63, 3.8) is 0 Å². The molecule has 0 unspecified atom stereocenters. The van der Waals surface area contributed by atoms with Crippen LogP contribution in [0.25, 0.3) is 0 Å². The molecule has 0 saturated heterocycles. The summed E-state index contributed by atoms with van der Waals surface area (Å²) in [6.07, 6.45) is 1.61. The van der Waals surface area contributed by atoms with E-state index in [0.29, 0.717) is 18.2 Å². The molecule has 2 aromatic carbocycles. The minimum absolute atomic E-state index is 0.0195. The van der Waals surface area contributed by atoms with Gasteiger partial charge in [0.15, 0.2) is 0 Å². The molecule has 154 valence electrons. The molecule has 0 radical (unpaired) electrons. The summed E-state index contributed by atoms with van der Waals surface area (Å²) in [5.41, 5.74) is 1.65. The Morgan fingerprint density at radius 2 is 1.90 bits per heavy atom. The third-order valence-electron chi connectivity index (χ3n) is 5.32. The van der Waals surface area contributed by atoms with Gasteiger partial charge in [0.2, 0.25) is 5.91 Å². The van der Waals surface area contributed by atoms with Crippen LogP contribution < -0.4 is 15.5 Å². The molecule has 2 aromatic rings.